The van der Waals surface area contributed by atoms with Crippen molar-refractivity contribution in [3.05, 3.63) is 47.6 Å². The molecule has 0 fully saturated rings. The van der Waals surface area contributed by atoms with Crippen LogP contribution in [0.15, 0.2) is 47.6 Å². The first-order valence-corrected chi connectivity index (χ1v) is 7.84. The summed E-state index contributed by atoms with van der Waals surface area (Å²) in [5, 5.41) is 18.4. The third-order valence-corrected chi connectivity index (χ3v) is 2.99. The molecule has 27 heavy (non-hydrogen) atoms. The number of halogens is 3. The van der Waals surface area contributed by atoms with Crippen molar-refractivity contribution in [2.24, 2.45) is 5.73 Å². The molecule has 10 heteroatoms. The van der Waals surface area contributed by atoms with Gasteiger partial charge in [-0.05, 0) is 31.0 Å². The fourth-order valence-corrected chi connectivity index (χ4v) is 1.78. The quantitative estimate of drug-likeness (QED) is 0.492. The van der Waals surface area contributed by atoms with Crippen LogP contribution in [0.5, 0.6) is 0 Å². The lowest BCUT2D eigenvalue weighted by Gasteiger charge is -2.10. The van der Waals surface area contributed by atoms with Gasteiger partial charge in [-0.2, -0.15) is 13.2 Å². The summed E-state index contributed by atoms with van der Waals surface area (Å²) in [6, 6.07) is 0. The van der Waals surface area contributed by atoms with Crippen LogP contribution in [0.25, 0.3) is 0 Å². The van der Waals surface area contributed by atoms with Gasteiger partial charge in [-0.3, -0.25) is 9.59 Å². The number of carboxylic acid groups (broad SMARTS) is 2. The van der Waals surface area contributed by atoms with Crippen LogP contribution in [0.1, 0.15) is 19.3 Å². The minimum atomic E-state index is -5.08. The topological polar surface area (TPSA) is 130 Å². The molecule has 0 saturated heterocycles. The molecule has 5 N–H and O–H groups in total. The molecule has 1 rings (SSSR count). The van der Waals surface area contributed by atoms with E-state index in [0.29, 0.717) is 31.5 Å². The van der Waals surface area contributed by atoms with Gasteiger partial charge < -0.3 is 21.3 Å². The van der Waals surface area contributed by atoms with Crippen LogP contribution in [0.3, 0.4) is 0 Å². The minimum Gasteiger partial charge on any atom is -0.481 e. The number of nitrogens with two attached hydrogens (primary N) is 1. The van der Waals surface area contributed by atoms with E-state index in [1.54, 1.807) is 12.2 Å². The van der Waals surface area contributed by atoms with E-state index < -0.39 is 18.1 Å². The smallest absolute Gasteiger partial charge is 0.481 e. The van der Waals surface area contributed by atoms with Crippen molar-refractivity contribution in [3.8, 4) is 0 Å². The molecule has 1 amide bonds. The molecule has 0 saturated carbocycles. The Morgan fingerprint density at radius 3 is 2.07 bits per heavy atom. The zero-order chi connectivity index (χ0) is 20.9. The summed E-state index contributed by atoms with van der Waals surface area (Å²) >= 11 is 0. The van der Waals surface area contributed by atoms with Crippen molar-refractivity contribution in [1.29, 1.82) is 0 Å². The SMILES string of the molecule is NCCC1=C(C(=O)NCCCC(=O)O)/C=C\C=C/C=C1.O=C(O)C(F)(F)F. The standard InChI is InChI=1S/C15H20N2O3.C2HF3O2/c16-10-9-12-6-3-1-2-4-7-13(12)15(20)17-11-5-8-14(18)19;3-2(4,5)1(6)7/h1-4,6-7H,5,8-11,16H2,(H,17,20)(H,18,19);(H,6,7)/b2-1-,3-1?,4-2?,6-3?,7-4-,12-6?,13-7?,13-12?;. The summed E-state index contributed by atoms with van der Waals surface area (Å²) in [4.78, 5) is 31.4. The van der Waals surface area contributed by atoms with E-state index >= 15 is 0 Å². The normalized spacial score (nSPS) is 15.7. The molecule has 150 valence electrons. The fraction of sp³-hybridized carbons (Fsp3) is 0.353. The van der Waals surface area contributed by atoms with Gasteiger partial charge in [0.15, 0.2) is 0 Å². The van der Waals surface area contributed by atoms with Gasteiger partial charge in [0, 0.05) is 18.5 Å². The van der Waals surface area contributed by atoms with Gasteiger partial charge in [-0.25, -0.2) is 4.79 Å². The zero-order valence-electron chi connectivity index (χ0n) is 14.3. The molecule has 7 nitrogen and oxygen atoms in total. The number of allylic oxidation sites excluding steroid dienone is 5. The number of carboxylic acids is 2. The first-order chi connectivity index (χ1) is 12.6. The molecule has 0 spiro atoms. The predicted molar refractivity (Wildman–Crippen MR) is 91.7 cm³/mol. The average Bonchev–Trinajstić information content (AvgIpc) is 2.53. The molecule has 0 atom stereocenters. The third kappa shape index (κ3) is 11.4. The summed E-state index contributed by atoms with van der Waals surface area (Å²) in [5.74, 6) is -3.82. The molecule has 0 aliphatic heterocycles. The van der Waals surface area contributed by atoms with E-state index in [1.807, 2.05) is 24.3 Å². The van der Waals surface area contributed by atoms with E-state index in [1.165, 1.54) is 0 Å². The molecule has 0 aromatic rings. The maximum atomic E-state index is 12.1. The molecule has 0 bridgehead atoms. The third-order valence-electron chi connectivity index (χ3n) is 2.99. The number of aliphatic carboxylic acids is 2. The Morgan fingerprint density at radius 1 is 1.04 bits per heavy atom. The van der Waals surface area contributed by atoms with Crippen LogP contribution >= 0.6 is 0 Å². The van der Waals surface area contributed by atoms with Crippen LogP contribution in [0.4, 0.5) is 13.2 Å². The molecular formula is C17H21F3N2O5. The lowest BCUT2D eigenvalue weighted by Crippen LogP contribution is -2.27. The summed E-state index contributed by atoms with van der Waals surface area (Å²) in [6.07, 6.45) is 7.01. The lowest BCUT2D eigenvalue weighted by molar-refractivity contribution is -0.192. The molecule has 0 aromatic carbocycles. The molecule has 1 aliphatic rings. The van der Waals surface area contributed by atoms with Gasteiger partial charge in [-0.15, -0.1) is 0 Å². The second-order valence-corrected chi connectivity index (χ2v) is 5.14. The largest absolute Gasteiger partial charge is 0.490 e. The first kappa shape index (κ1) is 24.1. The van der Waals surface area contributed by atoms with Gasteiger partial charge in [0.2, 0.25) is 0 Å². The molecule has 0 aromatic heterocycles. The van der Waals surface area contributed by atoms with Crippen molar-refractivity contribution in [1.82, 2.24) is 5.32 Å². The molecule has 0 unspecified atom stereocenters. The van der Waals surface area contributed by atoms with Crippen LogP contribution in [-0.4, -0.2) is 47.3 Å². The van der Waals surface area contributed by atoms with E-state index in [9.17, 15) is 22.8 Å². The van der Waals surface area contributed by atoms with Crippen LogP contribution < -0.4 is 11.1 Å². The number of rotatable bonds is 7. The summed E-state index contributed by atoms with van der Waals surface area (Å²) < 4.78 is 31.7. The van der Waals surface area contributed by atoms with Gasteiger partial charge >= 0.3 is 18.1 Å². The Hall–Kier alpha value is -2.88. The maximum Gasteiger partial charge on any atom is 0.490 e. The highest BCUT2D eigenvalue weighted by Gasteiger charge is 2.38. The number of carbonyl (C=O) groups excluding carboxylic acids is 1. The molecule has 0 heterocycles. The number of carbonyl (C=O) groups is 3. The summed E-state index contributed by atoms with van der Waals surface area (Å²) in [5.41, 5.74) is 7.01. The number of amides is 1. The predicted octanol–water partition coefficient (Wildman–Crippen LogP) is 1.93. The van der Waals surface area contributed by atoms with Crippen molar-refractivity contribution in [2.75, 3.05) is 13.1 Å². The highest BCUT2D eigenvalue weighted by Crippen LogP contribution is 2.14. The van der Waals surface area contributed by atoms with Crippen molar-refractivity contribution in [2.45, 2.75) is 25.4 Å². The van der Waals surface area contributed by atoms with Gasteiger partial charge in [-0.1, -0.05) is 30.4 Å². The van der Waals surface area contributed by atoms with Gasteiger partial charge in [0.25, 0.3) is 5.91 Å². The van der Waals surface area contributed by atoms with Crippen LogP contribution in [0, 0.1) is 0 Å². The van der Waals surface area contributed by atoms with Crippen molar-refractivity contribution in [3.63, 3.8) is 0 Å². The molecule has 1 aliphatic carbocycles. The Balaban J connectivity index is 0.000000821. The van der Waals surface area contributed by atoms with Crippen LogP contribution in [0.2, 0.25) is 0 Å². The number of hydrogen-bond acceptors (Lipinski definition) is 4. The van der Waals surface area contributed by atoms with Crippen LogP contribution in [-0.2, 0) is 14.4 Å². The van der Waals surface area contributed by atoms with Crippen molar-refractivity contribution < 1.29 is 37.8 Å². The van der Waals surface area contributed by atoms with Crippen molar-refractivity contribution >= 4 is 17.8 Å². The fourth-order valence-electron chi connectivity index (χ4n) is 1.78. The van der Waals surface area contributed by atoms with E-state index in [2.05, 4.69) is 5.32 Å². The van der Waals surface area contributed by atoms with E-state index in [4.69, 9.17) is 20.7 Å². The number of nitrogens with one attached hydrogen (secondary N) is 1. The Morgan fingerprint density at radius 2 is 1.59 bits per heavy atom. The van der Waals surface area contributed by atoms with Gasteiger partial charge in [0.05, 0.1) is 0 Å². The molecular weight excluding hydrogens is 369 g/mol. The van der Waals surface area contributed by atoms with E-state index in [0.717, 1.165) is 5.57 Å². The maximum absolute atomic E-state index is 12.1. The van der Waals surface area contributed by atoms with E-state index in [-0.39, 0.29) is 12.3 Å². The lowest BCUT2D eigenvalue weighted by atomic mass is 10.0. The monoisotopic (exact) mass is 390 g/mol. The number of hydrogen-bond donors (Lipinski definition) is 4. The first-order valence-electron chi connectivity index (χ1n) is 7.84. The minimum absolute atomic E-state index is 0.0491. The summed E-state index contributed by atoms with van der Waals surface area (Å²) in [7, 11) is 0. The zero-order valence-corrected chi connectivity index (χ0v) is 14.3. The second-order valence-electron chi connectivity index (χ2n) is 5.14. The molecule has 0 radical (unpaired) electrons. The summed E-state index contributed by atoms with van der Waals surface area (Å²) in [6.45, 7) is 0.810. The highest BCUT2D eigenvalue weighted by atomic mass is 19.4. The Kier molecular flexibility index (Phi) is 11.1. The average molecular weight is 390 g/mol. The second kappa shape index (κ2) is 12.5. The Bertz CT molecular complexity index is 649. The van der Waals surface area contributed by atoms with Gasteiger partial charge in [0.1, 0.15) is 0 Å². The number of alkyl halides is 3. The highest BCUT2D eigenvalue weighted by molar-refractivity contribution is 5.97. The Labute approximate surface area is 153 Å².